The van der Waals surface area contributed by atoms with Crippen molar-refractivity contribution >= 4 is 74.0 Å². The number of carbonyl (C=O) groups excluding carboxylic acids is 1. The highest BCUT2D eigenvalue weighted by molar-refractivity contribution is 7.21. The molecule has 0 bridgehead atoms. The Kier molecular flexibility index (Phi) is 5.43. The van der Waals surface area contributed by atoms with Gasteiger partial charge in [-0.3, -0.25) is 14.9 Å². The molecule has 0 aliphatic heterocycles. The zero-order valence-electron chi connectivity index (χ0n) is 12.7. The van der Waals surface area contributed by atoms with Crippen molar-refractivity contribution in [2.45, 2.75) is 0 Å². The van der Waals surface area contributed by atoms with Crippen molar-refractivity contribution in [3.05, 3.63) is 72.0 Å². The van der Waals surface area contributed by atoms with E-state index in [-0.39, 0.29) is 15.6 Å². The lowest BCUT2D eigenvalue weighted by Gasteiger charge is -1.98. The molecule has 1 heterocycles. The Labute approximate surface area is 166 Å². The number of carbonyl (C=O) groups is 1. The predicted molar refractivity (Wildman–Crippen MR) is 105 cm³/mol. The number of hydrogen-bond donors (Lipinski definition) is 1. The quantitative estimate of drug-likeness (QED) is 0.336. The van der Waals surface area contributed by atoms with E-state index in [1.165, 1.54) is 30.5 Å². The number of nitrogens with zero attached hydrogens (tertiary/aromatic N) is 2. The molecule has 1 aromatic heterocycles. The second-order valence-corrected chi connectivity index (χ2v) is 7.33. The molecule has 1 N–H and O–H groups in total. The van der Waals surface area contributed by atoms with Gasteiger partial charge in [0.15, 0.2) is 0 Å². The van der Waals surface area contributed by atoms with Crippen LogP contribution in [-0.2, 0) is 0 Å². The van der Waals surface area contributed by atoms with Crippen molar-refractivity contribution in [3.8, 4) is 0 Å². The van der Waals surface area contributed by atoms with Crippen molar-refractivity contribution in [2.24, 2.45) is 5.10 Å². The Bertz CT molecular complexity index is 1050. The molecular formula is C16H8Cl3N3O3S. The second kappa shape index (κ2) is 7.59. The molecule has 0 saturated carbocycles. The fourth-order valence-electron chi connectivity index (χ4n) is 2.16. The van der Waals surface area contributed by atoms with Crippen LogP contribution in [0, 0.1) is 10.1 Å². The smallest absolute Gasteiger partial charge is 0.266 e. The van der Waals surface area contributed by atoms with Crippen molar-refractivity contribution < 1.29 is 9.72 Å². The van der Waals surface area contributed by atoms with Crippen LogP contribution in [0.4, 0.5) is 5.69 Å². The first-order valence-electron chi connectivity index (χ1n) is 7.01. The van der Waals surface area contributed by atoms with Gasteiger partial charge in [0, 0.05) is 27.2 Å². The number of non-ortho nitro benzene ring substituents is 1. The second-order valence-electron chi connectivity index (χ2n) is 5.05. The zero-order valence-corrected chi connectivity index (χ0v) is 15.8. The Morgan fingerprint density at radius 3 is 2.54 bits per heavy atom. The summed E-state index contributed by atoms with van der Waals surface area (Å²) in [6, 6.07) is 8.95. The topological polar surface area (TPSA) is 84.6 Å². The SMILES string of the molecule is O=C(N/N=C/c1ccc([N+](=O)[O-])cc1)c1sc2cc(Cl)cc(Cl)c2c1Cl. The average Bonchev–Trinajstić information content (AvgIpc) is 2.92. The maximum absolute atomic E-state index is 12.3. The maximum Gasteiger partial charge on any atom is 0.283 e. The highest BCUT2D eigenvalue weighted by Crippen LogP contribution is 2.41. The van der Waals surface area contributed by atoms with Crippen LogP contribution in [0.1, 0.15) is 15.2 Å². The number of nitro groups is 1. The third-order valence-corrected chi connectivity index (χ3v) is 5.48. The van der Waals surface area contributed by atoms with Gasteiger partial charge in [-0.1, -0.05) is 34.8 Å². The Morgan fingerprint density at radius 2 is 1.88 bits per heavy atom. The summed E-state index contributed by atoms with van der Waals surface area (Å²) in [5.74, 6) is -0.499. The number of fused-ring (bicyclic) bond motifs is 1. The molecule has 0 aliphatic rings. The molecule has 0 fully saturated rings. The maximum atomic E-state index is 12.3. The van der Waals surface area contributed by atoms with Crippen molar-refractivity contribution in [1.82, 2.24) is 5.43 Å². The minimum atomic E-state index is -0.499. The molecule has 0 atom stereocenters. The Morgan fingerprint density at radius 1 is 1.19 bits per heavy atom. The van der Waals surface area contributed by atoms with E-state index in [2.05, 4.69) is 10.5 Å². The number of amides is 1. The van der Waals surface area contributed by atoms with Gasteiger partial charge in [0.25, 0.3) is 11.6 Å². The summed E-state index contributed by atoms with van der Waals surface area (Å²) >= 11 is 19.5. The monoisotopic (exact) mass is 427 g/mol. The fourth-order valence-corrected chi connectivity index (χ4v) is 4.42. The number of thiophene rings is 1. The third kappa shape index (κ3) is 3.81. The van der Waals surface area contributed by atoms with Crippen molar-refractivity contribution in [1.29, 1.82) is 0 Å². The number of hydrogen-bond acceptors (Lipinski definition) is 5. The first-order chi connectivity index (χ1) is 12.4. The van der Waals surface area contributed by atoms with Crippen LogP contribution in [0.25, 0.3) is 10.1 Å². The van der Waals surface area contributed by atoms with E-state index in [1.54, 1.807) is 12.1 Å². The van der Waals surface area contributed by atoms with Crippen molar-refractivity contribution in [3.63, 3.8) is 0 Å². The normalized spacial score (nSPS) is 11.2. The lowest BCUT2D eigenvalue weighted by Crippen LogP contribution is -2.16. The minimum absolute atomic E-state index is 0.0289. The number of rotatable bonds is 4. The fraction of sp³-hybridized carbons (Fsp3) is 0. The molecule has 10 heteroatoms. The van der Waals surface area contributed by atoms with Crippen LogP contribution in [0.5, 0.6) is 0 Å². The molecular weight excluding hydrogens is 421 g/mol. The lowest BCUT2D eigenvalue weighted by atomic mass is 10.2. The summed E-state index contributed by atoms with van der Waals surface area (Å²) < 4.78 is 0.692. The van der Waals surface area contributed by atoms with E-state index in [9.17, 15) is 14.9 Å². The predicted octanol–water partition coefficient (Wildman–Crippen LogP) is 5.53. The van der Waals surface area contributed by atoms with Crippen LogP contribution in [0.15, 0.2) is 41.5 Å². The van der Waals surface area contributed by atoms with Crippen LogP contribution >= 0.6 is 46.1 Å². The molecule has 2 aromatic carbocycles. The molecule has 0 aliphatic carbocycles. The summed E-state index contributed by atoms with van der Waals surface area (Å²) in [5, 5.41) is 16.1. The van der Waals surface area contributed by atoms with E-state index in [0.717, 1.165) is 11.3 Å². The highest BCUT2D eigenvalue weighted by Gasteiger charge is 2.19. The van der Waals surface area contributed by atoms with E-state index in [4.69, 9.17) is 34.8 Å². The molecule has 26 heavy (non-hydrogen) atoms. The van der Waals surface area contributed by atoms with Gasteiger partial charge in [0.05, 0.1) is 21.2 Å². The molecule has 3 aromatic rings. The summed E-state index contributed by atoms with van der Waals surface area (Å²) in [4.78, 5) is 22.7. The van der Waals surface area contributed by atoms with Crippen molar-refractivity contribution in [2.75, 3.05) is 0 Å². The summed E-state index contributed by atoms with van der Waals surface area (Å²) in [6.45, 7) is 0. The summed E-state index contributed by atoms with van der Waals surface area (Å²) in [5.41, 5.74) is 2.93. The highest BCUT2D eigenvalue weighted by atomic mass is 35.5. The van der Waals surface area contributed by atoms with Gasteiger partial charge >= 0.3 is 0 Å². The van der Waals surface area contributed by atoms with Gasteiger partial charge < -0.3 is 0 Å². The first kappa shape index (κ1) is 18.6. The number of halogens is 3. The number of hydrazone groups is 1. The number of nitro benzene ring substituents is 1. The van der Waals surface area contributed by atoms with E-state index in [1.807, 2.05) is 0 Å². The van der Waals surface area contributed by atoms with Crippen LogP contribution < -0.4 is 5.43 Å². The van der Waals surface area contributed by atoms with Gasteiger partial charge in [-0.2, -0.15) is 5.10 Å². The molecule has 132 valence electrons. The van der Waals surface area contributed by atoms with Gasteiger partial charge in [0.1, 0.15) is 4.88 Å². The van der Waals surface area contributed by atoms with Crippen LogP contribution in [-0.4, -0.2) is 17.0 Å². The molecule has 3 rings (SSSR count). The standard InChI is InChI=1S/C16H8Cl3N3O3S/c17-9-5-11(18)13-12(6-9)26-15(14(13)19)16(23)21-20-7-8-1-3-10(4-2-8)22(24)25/h1-7H,(H,21,23)/b20-7+. The minimum Gasteiger partial charge on any atom is -0.266 e. The van der Waals surface area contributed by atoms with Crippen LogP contribution in [0.3, 0.4) is 0 Å². The molecule has 0 unspecified atom stereocenters. The number of benzene rings is 2. The van der Waals surface area contributed by atoms with Gasteiger partial charge in [-0.25, -0.2) is 5.43 Å². The Balaban J connectivity index is 1.78. The molecule has 6 nitrogen and oxygen atoms in total. The van der Waals surface area contributed by atoms with Crippen LogP contribution in [0.2, 0.25) is 15.1 Å². The molecule has 0 saturated heterocycles. The van der Waals surface area contributed by atoms with Gasteiger partial charge in [-0.15, -0.1) is 11.3 Å². The largest absolute Gasteiger partial charge is 0.283 e. The lowest BCUT2D eigenvalue weighted by molar-refractivity contribution is -0.384. The summed E-state index contributed by atoms with van der Waals surface area (Å²) in [6.07, 6.45) is 1.37. The first-order valence-corrected chi connectivity index (χ1v) is 8.97. The number of nitrogens with one attached hydrogen (secondary N) is 1. The zero-order chi connectivity index (χ0) is 18.8. The third-order valence-electron chi connectivity index (χ3n) is 3.34. The van der Waals surface area contributed by atoms with E-state index in [0.29, 0.717) is 25.7 Å². The molecule has 0 radical (unpaired) electrons. The Hall–Kier alpha value is -2.19. The molecule has 0 spiro atoms. The van der Waals surface area contributed by atoms with E-state index < -0.39 is 10.8 Å². The van der Waals surface area contributed by atoms with Gasteiger partial charge in [0.2, 0.25) is 0 Å². The average molecular weight is 429 g/mol. The molecule has 1 amide bonds. The van der Waals surface area contributed by atoms with Gasteiger partial charge in [-0.05, 0) is 29.8 Å². The van der Waals surface area contributed by atoms with E-state index >= 15 is 0 Å². The summed E-state index contributed by atoms with van der Waals surface area (Å²) in [7, 11) is 0.